The fourth-order valence-corrected chi connectivity index (χ4v) is 2.20. The Labute approximate surface area is 127 Å². The van der Waals surface area contributed by atoms with Crippen LogP contribution in [0.25, 0.3) is 5.57 Å². The summed E-state index contributed by atoms with van der Waals surface area (Å²) in [5.41, 5.74) is 5.42. The first-order valence-corrected chi connectivity index (χ1v) is 5.70. The van der Waals surface area contributed by atoms with Crippen molar-refractivity contribution in [3.05, 3.63) is 53.1 Å². The van der Waals surface area contributed by atoms with Crippen LogP contribution < -0.4 is 0 Å². The molecule has 0 bridgehead atoms. The average Bonchev–Trinajstić information content (AvgIpc) is 2.66. The predicted molar refractivity (Wildman–Crippen MR) is 72.1 cm³/mol. The first kappa shape index (κ1) is 17.0. The maximum atomic E-state index is 5.22. The summed E-state index contributed by atoms with van der Waals surface area (Å²) in [5, 5.41) is 0. The van der Waals surface area contributed by atoms with E-state index in [-0.39, 0.29) is 24.8 Å². The summed E-state index contributed by atoms with van der Waals surface area (Å²) in [5.74, 6) is 0. The van der Waals surface area contributed by atoms with Gasteiger partial charge < -0.3 is 0 Å². The number of rotatable bonds is 3. The van der Waals surface area contributed by atoms with Crippen molar-refractivity contribution in [1.82, 2.24) is 0 Å². The van der Waals surface area contributed by atoms with Crippen LogP contribution in [0.15, 0.2) is 42.0 Å². The van der Waals surface area contributed by atoms with Crippen LogP contribution in [-0.2, 0) is 30.7 Å². The van der Waals surface area contributed by atoms with Gasteiger partial charge >= 0.3 is 103 Å². The largest absolute Gasteiger partial charge is 0.147 e. The summed E-state index contributed by atoms with van der Waals surface area (Å²) < 4.78 is 5.22. The second-order valence-corrected chi connectivity index (χ2v) is 4.16. The molecule has 0 aliphatic heterocycles. The van der Waals surface area contributed by atoms with E-state index < -0.39 is 0 Å². The fraction of sp³-hybridized carbons (Fsp3) is 0.231. The zero-order valence-electron chi connectivity index (χ0n) is 9.60. The van der Waals surface area contributed by atoms with Gasteiger partial charge in [0.2, 0.25) is 0 Å². The van der Waals surface area contributed by atoms with Gasteiger partial charge in [0.1, 0.15) is 0 Å². The molecule has 0 heterocycles. The number of benzene rings is 1. The molecule has 1 aliphatic rings. The van der Waals surface area contributed by atoms with Gasteiger partial charge in [-0.05, 0) is 0 Å². The molecule has 0 saturated carbocycles. The summed E-state index contributed by atoms with van der Waals surface area (Å²) in [6.07, 6.45) is 5.46. The van der Waals surface area contributed by atoms with Gasteiger partial charge in [-0.15, -0.1) is 24.8 Å². The molecule has 1 aliphatic carbocycles. The van der Waals surface area contributed by atoms with Crippen LogP contribution in [0.2, 0.25) is 0 Å². The molecule has 2 rings (SSSR count). The van der Waals surface area contributed by atoms with Crippen LogP contribution in [0.4, 0.5) is 0 Å². The van der Waals surface area contributed by atoms with Crippen molar-refractivity contribution >= 4 is 30.4 Å². The van der Waals surface area contributed by atoms with Crippen LogP contribution in [0.1, 0.15) is 24.5 Å². The molecule has 0 N–H and O–H groups in total. The van der Waals surface area contributed by atoms with Crippen molar-refractivity contribution in [2.24, 2.45) is 0 Å². The summed E-state index contributed by atoms with van der Waals surface area (Å²) in [4.78, 5) is 0. The van der Waals surface area contributed by atoms with Crippen molar-refractivity contribution in [2.45, 2.75) is 20.0 Å². The Balaban J connectivity index is 0.00000128. The van der Waals surface area contributed by atoms with Gasteiger partial charge in [0.15, 0.2) is 0 Å². The minimum atomic E-state index is 0. The van der Waals surface area contributed by atoms with Gasteiger partial charge in [-0.25, -0.2) is 0 Å². The van der Waals surface area contributed by atoms with Crippen LogP contribution in [0.5, 0.6) is 0 Å². The van der Waals surface area contributed by atoms with E-state index in [9.17, 15) is 0 Å². The minimum Gasteiger partial charge on any atom is -0.147 e. The molecule has 0 atom stereocenters. The van der Waals surface area contributed by atoms with Gasteiger partial charge in [-0.1, -0.05) is 0 Å². The Morgan fingerprint density at radius 3 is 2.53 bits per heavy atom. The monoisotopic (exact) mass is 305 g/mol. The van der Waals surface area contributed by atoms with Gasteiger partial charge in [0, 0.05) is 0 Å². The Kier molecular flexibility index (Phi) is 8.10. The van der Waals surface area contributed by atoms with Crippen molar-refractivity contribution in [2.75, 3.05) is 0 Å². The molecule has 17 heavy (non-hydrogen) atoms. The van der Waals surface area contributed by atoms with Crippen molar-refractivity contribution in [3.63, 3.8) is 0 Å². The smallest absolute Gasteiger partial charge is 0.147 e. The third-order valence-electron chi connectivity index (χ3n) is 2.74. The van der Waals surface area contributed by atoms with E-state index >= 15 is 0 Å². The van der Waals surface area contributed by atoms with Crippen molar-refractivity contribution in [3.8, 4) is 0 Å². The fourth-order valence-electron chi connectivity index (χ4n) is 1.96. The van der Waals surface area contributed by atoms with Crippen molar-refractivity contribution in [1.29, 1.82) is 0 Å². The number of halogens is 2. The van der Waals surface area contributed by atoms with E-state index in [0.29, 0.717) is 6.61 Å². The first-order chi connectivity index (χ1) is 7.33. The van der Waals surface area contributed by atoms with E-state index in [2.05, 4.69) is 43.3 Å². The molecule has 0 saturated heterocycles. The Morgan fingerprint density at radius 1 is 1.24 bits per heavy atom. The molecule has 0 spiro atoms. The quantitative estimate of drug-likeness (QED) is 0.759. The molecule has 0 amide bonds. The SMILES string of the molecule is CC1=C(c2ccccc2C[O][Ti])CC=C1.Cl.Cl. The molecule has 1 nitrogen and oxygen atoms in total. The molecule has 0 radical (unpaired) electrons. The van der Waals surface area contributed by atoms with Crippen LogP contribution >= 0.6 is 24.8 Å². The van der Waals surface area contributed by atoms with E-state index in [4.69, 9.17) is 3.32 Å². The molecule has 1 aromatic carbocycles. The predicted octanol–water partition coefficient (Wildman–Crippen LogP) is 4.24. The molecular weight excluding hydrogens is 291 g/mol. The van der Waals surface area contributed by atoms with Gasteiger partial charge in [-0.3, -0.25) is 0 Å². The van der Waals surface area contributed by atoms with Gasteiger partial charge in [-0.2, -0.15) is 0 Å². The standard InChI is InChI=1S/C13H13O.2ClH.Ti/c1-10-5-4-8-12(10)13-7-3-2-6-11(13)9-14;;;/h2-7H,8-9H2,1H3;2*1H;/q-1;;;+1. The summed E-state index contributed by atoms with van der Waals surface area (Å²) in [6, 6.07) is 8.47. The van der Waals surface area contributed by atoms with Gasteiger partial charge in [0.05, 0.1) is 0 Å². The zero-order chi connectivity index (χ0) is 10.7. The molecular formula is C13H15Cl2OTi. The molecule has 0 unspecified atom stereocenters. The molecule has 4 heteroatoms. The average molecular weight is 306 g/mol. The summed E-state index contributed by atoms with van der Waals surface area (Å²) >= 11 is 1.74. The maximum absolute atomic E-state index is 5.22. The third kappa shape index (κ3) is 3.98. The van der Waals surface area contributed by atoms with Crippen LogP contribution in [0, 0.1) is 0 Å². The zero-order valence-corrected chi connectivity index (χ0v) is 12.8. The molecule has 0 aromatic heterocycles. The van der Waals surface area contributed by atoms with E-state index in [0.717, 1.165) is 6.42 Å². The topological polar surface area (TPSA) is 9.23 Å². The van der Waals surface area contributed by atoms with Crippen LogP contribution in [-0.4, -0.2) is 0 Å². The first-order valence-electron chi connectivity index (χ1n) is 5.06. The van der Waals surface area contributed by atoms with E-state index in [1.165, 1.54) is 22.3 Å². The number of hydrogen-bond acceptors (Lipinski definition) is 1. The maximum Gasteiger partial charge on any atom is -0.147 e. The summed E-state index contributed by atoms with van der Waals surface area (Å²) in [6.45, 7) is 2.86. The normalized spacial score (nSPS) is 13.2. The molecule has 1 aromatic rings. The van der Waals surface area contributed by atoms with E-state index in [1.807, 2.05) is 0 Å². The Morgan fingerprint density at radius 2 is 1.94 bits per heavy atom. The Bertz CT molecular complexity index is 427. The minimum absolute atomic E-state index is 0. The second kappa shape index (κ2) is 8.13. The van der Waals surface area contributed by atoms with E-state index in [1.54, 1.807) is 20.8 Å². The third-order valence-corrected chi connectivity index (χ3v) is 2.96. The molecule has 0 fully saturated rings. The molecule has 91 valence electrons. The van der Waals surface area contributed by atoms with Gasteiger partial charge in [0.25, 0.3) is 0 Å². The second-order valence-electron chi connectivity index (χ2n) is 3.71. The number of hydrogen-bond donors (Lipinski definition) is 0. The van der Waals surface area contributed by atoms with Crippen molar-refractivity contribution < 1.29 is 24.1 Å². The van der Waals surface area contributed by atoms with Crippen LogP contribution in [0.3, 0.4) is 0 Å². The Hall–Kier alpha value is -0.0457. The number of allylic oxidation sites excluding steroid dienone is 4. The summed E-state index contributed by atoms with van der Waals surface area (Å²) in [7, 11) is 0.